The smallest absolute Gasteiger partial charge is 0.236 e. The molecule has 2 aromatic heterocycles. The first-order valence-electron chi connectivity index (χ1n) is 8.44. The van der Waals surface area contributed by atoms with E-state index >= 15 is 0 Å². The second-order valence-corrected chi connectivity index (χ2v) is 7.54. The average Bonchev–Trinajstić information content (AvgIpc) is 3.33. The molecule has 1 aromatic carbocycles. The number of carbonyl (C=O) groups excluding carboxylic acids is 1. The summed E-state index contributed by atoms with van der Waals surface area (Å²) in [6, 6.07) is 11.6. The number of rotatable bonds is 4. The van der Waals surface area contributed by atoms with Crippen LogP contribution in [0.4, 0.5) is 0 Å². The van der Waals surface area contributed by atoms with E-state index in [1.165, 1.54) is 0 Å². The second kappa shape index (κ2) is 7.61. The molecule has 1 atom stereocenters. The van der Waals surface area contributed by atoms with Gasteiger partial charge >= 0.3 is 0 Å². The van der Waals surface area contributed by atoms with Crippen molar-refractivity contribution in [2.75, 3.05) is 19.6 Å². The highest BCUT2D eigenvalue weighted by Crippen LogP contribution is 2.27. The van der Waals surface area contributed by atoms with Gasteiger partial charge in [-0.1, -0.05) is 29.8 Å². The molecule has 1 amide bonds. The van der Waals surface area contributed by atoms with Gasteiger partial charge in [0.15, 0.2) is 0 Å². The minimum Gasteiger partial charge on any atom is -0.444 e. The third kappa shape index (κ3) is 3.67. The number of benzene rings is 1. The van der Waals surface area contributed by atoms with Crippen molar-refractivity contribution >= 4 is 28.8 Å². The second-order valence-electron chi connectivity index (χ2n) is 6.16. The Morgan fingerprint density at radius 3 is 3.12 bits per heavy atom. The van der Waals surface area contributed by atoms with Crippen LogP contribution in [-0.4, -0.2) is 35.4 Å². The van der Waals surface area contributed by atoms with Gasteiger partial charge in [0.25, 0.3) is 0 Å². The maximum Gasteiger partial charge on any atom is 0.236 e. The Morgan fingerprint density at radius 1 is 1.38 bits per heavy atom. The molecule has 4 rings (SSSR count). The highest BCUT2D eigenvalue weighted by atomic mass is 35.5. The van der Waals surface area contributed by atoms with Crippen molar-refractivity contribution < 1.29 is 9.21 Å². The summed E-state index contributed by atoms with van der Waals surface area (Å²) in [5.74, 6) is 0.608. The Bertz CT molecular complexity index is 894. The summed E-state index contributed by atoms with van der Waals surface area (Å²) in [6.45, 7) is 2.15. The lowest BCUT2D eigenvalue weighted by Gasteiger charge is -2.36. The Kier molecular flexibility index (Phi) is 5.06. The molecule has 1 aliphatic rings. The fourth-order valence-electron chi connectivity index (χ4n) is 3.17. The van der Waals surface area contributed by atoms with Crippen LogP contribution in [0.1, 0.15) is 17.3 Å². The summed E-state index contributed by atoms with van der Waals surface area (Å²) in [5, 5.41) is 6.01. The van der Waals surface area contributed by atoms with E-state index in [4.69, 9.17) is 16.0 Å². The van der Waals surface area contributed by atoms with Crippen molar-refractivity contribution in [3.63, 3.8) is 0 Å². The lowest BCUT2D eigenvalue weighted by molar-refractivity contribution is -0.133. The first-order valence-corrected chi connectivity index (χ1v) is 9.70. The summed E-state index contributed by atoms with van der Waals surface area (Å²) < 4.78 is 5.52. The van der Waals surface area contributed by atoms with E-state index in [-0.39, 0.29) is 18.4 Å². The van der Waals surface area contributed by atoms with Crippen molar-refractivity contribution in [3.05, 3.63) is 64.3 Å². The van der Waals surface area contributed by atoms with E-state index in [9.17, 15) is 4.79 Å². The maximum absolute atomic E-state index is 12.9. The van der Waals surface area contributed by atoms with E-state index in [1.54, 1.807) is 17.6 Å². The molecule has 134 valence electrons. The molecule has 26 heavy (non-hydrogen) atoms. The van der Waals surface area contributed by atoms with Crippen molar-refractivity contribution in [1.82, 2.24) is 15.2 Å². The van der Waals surface area contributed by atoms with Crippen LogP contribution >= 0.6 is 22.9 Å². The topological polar surface area (TPSA) is 58.4 Å². The first kappa shape index (κ1) is 17.3. The van der Waals surface area contributed by atoms with Crippen LogP contribution < -0.4 is 5.32 Å². The number of nitrogens with zero attached hydrogens (tertiary/aromatic N) is 2. The molecule has 1 aliphatic heterocycles. The summed E-state index contributed by atoms with van der Waals surface area (Å²) in [7, 11) is 0. The summed E-state index contributed by atoms with van der Waals surface area (Å²) >= 11 is 7.69. The van der Waals surface area contributed by atoms with Gasteiger partial charge < -0.3 is 14.6 Å². The quantitative estimate of drug-likeness (QED) is 0.740. The maximum atomic E-state index is 12.9. The standard InChI is InChI=1S/C19H18ClN3O2S/c20-14-4-1-3-13(9-14)16-11-21-6-7-23(16)18(24)10-15-12-25-19(22-15)17-5-2-8-26-17/h1-5,8-9,12,16,21H,6-7,10-11H2. The lowest BCUT2D eigenvalue weighted by atomic mass is 10.0. The van der Waals surface area contributed by atoms with Gasteiger partial charge in [0.1, 0.15) is 6.26 Å². The number of hydrogen-bond acceptors (Lipinski definition) is 5. The van der Waals surface area contributed by atoms with Gasteiger partial charge in [0.2, 0.25) is 11.8 Å². The number of carbonyl (C=O) groups is 1. The van der Waals surface area contributed by atoms with Crippen LogP contribution in [0.5, 0.6) is 0 Å². The normalized spacial score (nSPS) is 17.4. The number of aromatic nitrogens is 1. The highest BCUT2D eigenvalue weighted by molar-refractivity contribution is 7.13. The minimum atomic E-state index is -0.0291. The van der Waals surface area contributed by atoms with Crippen molar-refractivity contribution in [3.8, 4) is 10.8 Å². The number of hydrogen-bond donors (Lipinski definition) is 1. The third-order valence-electron chi connectivity index (χ3n) is 4.41. The van der Waals surface area contributed by atoms with E-state index < -0.39 is 0 Å². The van der Waals surface area contributed by atoms with E-state index in [2.05, 4.69) is 10.3 Å². The molecule has 3 aromatic rings. The van der Waals surface area contributed by atoms with Crippen LogP contribution in [0.3, 0.4) is 0 Å². The molecule has 0 saturated carbocycles. The van der Waals surface area contributed by atoms with Gasteiger partial charge in [0.05, 0.1) is 23.0 Å². The van der Waals surface area contributed by atoms with Gasteiger partial charge in [-0.15, -0.1) is 11.3 Å². The SMILES string of the molecule is O=C(Cc1coc(-c2cccs2)n1)N1CCNCC1c1cccc(Cl)c1. The fraction of sp³-hybridized carbons (Fsp3) is 0.263. The average molecular weight is 388 g/mol. The number of nitrogens with one attached hydrogen (secondary N) is 1. The number of amides is 1. The van der Waals surface area contributed by atoms with Gasteiger partial charge in [-0.25, -0.2) is 4.98 Å². The van der Waals surface area contributed by atoms with E-state index in [0.29, 0.717) is 29.7 Å². The largest absolute Gasteiger partial charge is 0.444 e. The van der Waals surface area contributed by atoms with Crippen LogP contribution in [0.25, 0.3) is 10.8 Å². The van der Waals surface area contributed by atoms with Gasteiger partial charge in [-0.3, -0.25) is 4.79 Å². The fourth-order valence-corrected chi connectivity index (χ4v) is 4.03. The molecule has 1 N–H and O–H groups in total. The van der Waals surface area contributed by atoms with Crippen molar-refractivity contribution in [1.29, 1.82) is 0 Å². The van der Waals surface area contributed by atoms with Crippen molar-refractivity contribution in [2.24, 2.45) is 0 Å². The lowest BCUT2D eigenvalue weighted by Crippen LogP contribution is -2.49. The molecule has 1 saturated heterocycles. The summed E-state index contributed by atoms with van der Waals surface area (Å²) in [4.78, 5) is 20.2. The summed E-state index contributed by atoms with van der Waals surface area (Å²) in [6.07, 6.45) is 1.80. The zero-order chi connectivity index (χ0) is 17.9. The molecule has 0 aliphatic carbocycles. The molecule has 3 heterocycles. The summed E-state index contributed by atoms with van der Waals surface area (Å²) in [5.41, 5.74) is 1.69. The van der Waals surface area contributed by atoms with Crippen LogP contribution in [0.15, 0.2) is 52.5 Å². The zero-order valence-corrected chi connectivity index (χ0v) is 15.6. The van der Waals surface area contributed by atoms with Crippen LogP contribution in [0.2, 0.25) is 5.02 Å². The number of piperazine rings is 1. The molecular formula is C19H18ClN3O2S. The Balaban J connectivity index is 1.50. The molecule has 0 radical (unpaired) electrons. The molecule has 0 bridgehead atoms. The first-order chi connectivity index (χ1) is 12.7. The van der Waals surface area contributed by atoms with Crippen LogP contribution in [-0.2, 0) is 11.2 Å². The molecule has 7 heteroatoms. The Morgan fingerprint density at radius 2 is 2.31 bits per heavy atom. The predicted octanol–water partition coefficient (Wildman–Crippen LogP) is 3.77. The number of oxazole rings is 1. The molecule has 1 fully saturated rings. The Hall–Kier alpha value is -2.15. The van der Waals surface area contributed by atoms with Crippen LogP contribution in [0, 0.1) is 0 Å². The monoisotopic (exact) mass is 387 g/mol. The molecular weight excluding hydrogens is 370 g/mol. The van der Waals surface area contributed by atoms with E-state index in [1.807, 2.05) is 46.7 Å². The minimum absolute atomic E-state index is 0.0291. The number of thiophene rings is 1. The number of halogens is 1. The molecule has 5 nitrogen and oxygen atoms in total. The molecule has 0 spiro atoms. The molecule has 1 unspecified atom stereocenters. The highest BCUT2D eigenvalue weighted by Gasteiger charge is 2.28. The van der Waals surface area contributed by atoms with E-state index in [0.717, 1.165) is 17.0 Å². The van der Waals surface area contributed by atoms with Gasteiger partial charge in [-0.05, 0) is 29.1 Å². The van der Waals surface area contributed by atoms with Gasteiger partial charge in [0, 0.05) is 24.7 Å². The van der Waals surface area contributed by atoms with Gasteiger partial charge in [-0.2, -0.15) is 0 Å². The zero-order valence-electron chi connectivity index (χ0n) is 14.0. The van der Waals surface area contributed by atoms with Crippen molar-refractivity contribution in [2.45, 2.75) is 12.5 Å². The Labute approximate surface area is 160 Å². The predicted molar refractivity (Wildman–Crippen MR) is 102 cm³/mol. The third-order valence-corrected chi connectivity index (χ3v) is 5.51.